The van der Waals surface area contributed by atoms with E-state index in [1.165, 1.54) is 13.4 Å². The molecule has 1 rings (SSSR count). The molecule has 11 heavy (non-hydrogen) atoms. The Morgan fingerprint density at radius 1 is 1.82 bits per heavy atom. The van der Waals surface area contributed by atoms with Crippen LogP contribution in [-0.2, 0) is 16.1 Å². The molecule has 0 saturated heterocycles. The minimum Gasteiger partial charge on any atom is -0.471 e. The Kier molecular flexibility index (Phi) is 6.02. The zero-order valence-corrected chi connectivity index (χ0v) is 6.19. The fourth-order valence-electron chi connectivity index (χ4n) is 0.403. The highest BCUT2D eigenvalue weighted by molar-refractivity contribution is 5.36. The number of rotatable bonds is 2. The second-order valence-corrected chi connectivity index (χ2v) is 1.57. The highest BCUT2D eigenvalue weighted by atomic mass is 16.5. The van der Waals surface area contributed by atoms with Gasteiger partial charge < -0.3 is 14.3 Å². The lowest BCUT2D eigenvalue weighted by Gasteiger charge is -1.79. The van der Waals surface area contributed by atoms with Crippen molar-refractivity contribution in [2.75, 3.05) is 7.11 Å². The monoisotopic (exact) mass is 158 g/mol. The molecule has 62 valence electrons. The number of hydrogen-bond acceptors (Lipinski definition) is 4. The first kappa shape index (κ1) is 9.71. The maximum atomic E-state index is 8.95. The van der Waals surface area contributed by atoms with Crippen LogP contribution >= 0.6 is 0 Å². The summed E-state index contributed by atoms with van der Waals surface area (Å²) in [5.74, 6) is 0.611. The minimum atomic E-state index is -0.00694. The van der Waals surface area contributed by atoms with Crippen LogP contribution in [-0.4, -0.2) is 18.7 Å². The van der Waals surface area contributed by atoms with Gasteiger partial charge in [-0.3, -0.25) is 4.79 Å². The second-order valence-electron chi connectivity index (χ2n) is 1.57. The van der Waals surface area contributed by atoms with Crippen molar-refractivity contribution >= 4 is 6.47 Å². The number of hydrogen-bond donors (Lipinski definition) is 1. The van der Waals surface area contributed by atoms with E-state index in [4.69, 9.17) is 14.3 Å². The molecule has 0 aliphatic heterocycles. The molecule has 0 aliphatic carbocycles. The number of furan rings is 1. The molecule has 0 spiro atoms. The Balaban J connectivity index is 0.000000218. The van der Waals surface area contributed by atoms with E-state index in [2.05, 4.69) is 4.74 Å². The van der Waals surface area contributed by atoms with Gasteiger partial charge in [-0.05, 0) is 12.1 Å². The van der Waals surface area contributed by atoms with Crippen molar-refractivity contribution in [2.45, 2.75) is 6.61 Å². The Bertz CT molecular complexity index is 169. The largest absolute Gasteiger partial charge is 0.471 e. The SMILES string of the molecule is COC=O.OCc1ccco1. The summed E-state index contributed by atoms with van der Waals surface area (Å²) >= 11 is 0. The first-order valence-electron chi connectivity index (χ1n) is 2.94. The molecule has 0 aromatic carbocycles. The third kappa shape index (κ3) is 5.17. The predicted octanol–water partition coefficient (Wildman–Crippen LogP) is 0.561. The van der Waals surface area contributed by atoms with E-state index in [1.54, 1.807) is 12.1 Å². The van der Waals surface area contributed by atoms with E-state index in [-0.39, 0.29) is 6.61 Å². The van der Waals surface area contributed by atoms with Gasteiger partial charge in [0.2, 0.25) is 0 Å². The van der Waals surface area contributed by atoms with Gasteiger partial charge in [0.1, 0.15) is 12.4 Å². The van der Waals surface area contributed by atoms with Gasteiger partial charge in [-0.1, -0.05) is 0 Å². The number of aliphatic hydroxyl groups is 1. The molecule has 4 heteroatoms. The summed E-state index contributed by atoms with van der Waals surface area (Å²) in [6.07, 6.45) is 1.53. The van der Waals surface area contributed by atoms with Crippen LogP contribution in [0.5, 0.6) is 0 Å². The van der Waals surface area contributed by atoms with Crippen LogP contribution in [0.4, 0.5) is 0 Å². The average Bonchev–Trinajstić information content (AvgIpc) is 2.56. The average molecular weight is 158 g/mol. The smallest absolute Gasteiger partial charge is 0.292 e. The van der Waals surface area contributed by atoms with E-state index in [0.717, 1.165) is 0 Å². The minimum absolute atomic E-state index is 0.00694. The second kappa shape index (κ2) is 6.82. The fourth-order valence-corrected chi connectivity index (χ4v) is 0.403. The number of ether oxygens (including phenoxy) is 1. The van der Waals surface area contributed by atoms with Crippen molar-refractivity contribution in [1.82, 2.24) is 0 Å². The van der Waals surface area contributed by atoms with Gasteiger partial charge in [0, 0.05) is 0 Å². The molecule has 4 nitrogen and oxygen atoms in total. The van der Waals surface area contributed by atoms with Crippen molar-refractivity contribution in [1.29, 1.82) is 0 Å². The van der Waals surface area contributed by atoms with Crippen LogP contribution in [0.1, 0.15) is 5.76 Å². The van der Waals surface area contributed by atoms with E-state index in [0.29, 0.717) is 12.2 Å². The van der Waals surface area contributed by atoms with Gasteiger partial charge in [-0.15, -0.1) is 0 Å². The molecule has 1 heterocycles. The first-order valence-corrected chi connectivity index (χ1v) is 2.94. The molecule has 0 amide bonds. The summed E-state index contributed by atoms with van der Waals surface area (Å²) in [4.78, 5) is 8.95. The molecule has 1 aromatic rings. The van der Waals surface area contributed by atoms with Crippen LogP contribution < -0.4 is 0 Å². The third-order valence-electron chi connectivity index (χ3n) is 0.832. The van der Waals surface area contributed by atoms with Crippen LogP contribution in [0.15, 0.2) is 22.8 Å². The molecular formula is C7H10O4. The van der Waals surface area contributed by atoms with Gasteiger partial charge in [0.15, 0.2) is 0 Å². The molecule has 0 fully saturated rings. The molecule has 0 saturated carbocycles. The zero-order valence-electron chi connectivity index (χ0n) is 6.19. The van der Waals surface area contributed by atoms with E-state index in [9.17, 15) is 0 Å². The maximum Gasteiger partial charge on any atom is 0.292 e. The molecule has 0 radical (unpaired) electrons. The number of carbonyl (C=O) groups is 1. The number of aliphatic hydroxyl groups excluding tert-OH is 1. The lowest BCUT2D eigenvalue weighted by Crippen LogP contribution is -1.72. The summed E-state index contributed by atoms with van der Waals surface area (Å²) in [6.45, 7) is 0.368. The Hall–Kier alpha value is -1.29. The van der Waals surface area contributed by atoms with Gasteiger partial charge in [0.25, 0.3) is 6.47 Å². The molecule has 1 N–H and O–H groups in total. The van der Waals surface area contributed by atoms with Gasteiger partial charge >= 0.3 is 0 Å². The van der Waals surface area contributed by atoms with Gasteiger partial charge in [0.05, 0.1) is 13.4 Å². The predicted molar refractivity (Wildman–Crippen MR) is 37.7 cm³/mol. The van der Waals surface area contributed by atoms with Crippen molar-refractivity contribution in [2.24, 2.45) is 0 Å². The van der Waals surface area contributed by atoms with E-state index in [1.807, 2.05) is 0 Å². The fraction of sp³-hybridized carbons (Fsp3) is 0.286. The Labute approximate surface area is 64.4 Å². The summed E-state index contributed by atoms with van der Waals surface area (Å²) in [5, 5.41) is 8.33. The molecule has 0 aliphatic rings. The number of methoxy groups -OCH3 is 1. The van der Waals surface area contributed by atoms with E-state index >= 15 is 0 Å². The lowest BCUT2D eigenvalue weighted by atomic mass is 10.5. The Morgan fingerprint density at radius 3 is 2.64 bits per heavy atom. The highest BCUT2D eigenvalue weighted by Gasteiger charge is 1.85. The van der Waals surface area contributed by atoms with Crippen molar-refractivity contribution in [3.63, 3.8) is 0 Å². The molecule has 0 bridgehead atoms. The van der Waals surface area contributed by atoms with Gasteiger partial charge in [-0.2, -0.15) is 0 Å². The Morgan fingerprint density at radius 2 is 2.45 bits per heavy atom. The quantitative estimate of drug-likeness (QED) is 0.639. The van der Waals surface area contributed by atoms with Crippen LogP contribution in [0, 0.1) is 0 Å². The summed E-state index contributed by atoms with van der Waals surface area (Å²) in [6, 6.07) is 3.46. The van der Waals surface area contributed by atoms with Crippen LogP contribution in [0.3, 0.4) is 0 Å². The summed E-state index contributed by atoms with van der Waals surface area (Å²) < 4.78 is 8.59. The van der Waals surface area contributed by atoms with E-state index < -0.39 is 0 Å². The standard InChI is InChI=1S/C5H6O2.C2H4O2/c6-4-5-2-1-3-7-5;1-4-2-3/h1-3,6H,4H2;2H,1H3. The maximum absolute atomic E-state index is 8.95. The van der Waals surface area contributed by atoms with Crippen molar-refractivity contribution < 1.29 is 19.1 Å². The van der Waals surface area contributed by atoms with Crippen molar-refractivity contribution in [3.05, 3.63) is 24.2 Å². The van der Waals surface area contributed by atoms with Crippen LogP contribution in [0.2, 0.25) is 0 Å². The topological polar surface area (TPSA) is 59.7 Å². The number of carbonyl (C=O) groups excluding carboxylic acids is 1. The molecule has 0 unspecified atom stereocenters. The highest BCUT2D eigenvalue weighted by Crippen LogP contribution is 1.96. The molecule has 0 atom stereocenters. The molecular weight excluding hydrogens is 148 g/mol. The van der Waals surface area contributed by atoms with Crippen molar-refractivity contribution in [3.8, 4) is 0 Å². The summed E-state index contributed by atoms with van der Waals surface area (Å²) in [7, 11) is 1.31. The summed E-state index contributed by atoms with van der Waals surface area (Å²) in [5.41, 5.74) is 0. The zero-order chi connectivity index (χ0) is 8.53. The normalized spacial score (nSPS) is 7.82. The van der Waals surface area contributed by atoms with Gasteiger partial charge in [-0.25, -0.2) is 0 Å². The third-order valence-corrected chi connectivity index (χ3v) is 0.832. The van der Waals surface area contributed by atoms with Crippen LogP contribution in [0.25, 0.3) is 0 Å². The molecule has 1 aromatic heterocycles. The lowest BCUT2D eigenvalue weighted by molar-refractivity contribution is -0.126. The first-order chi connectivity index (χ1) is 5.35.